The first-order valence-electron chi connectivity index (χ1n) is 12.9. The number of hydrogen-bond donors (Lipinski definition) is 1. The van der Waals surface area contributed by atoms with Crippen LogP contribution >= 0.6 is 0 Å². The van der Waals surface area contributed by atoms with Crippen molar-refractivity contribution in [3.63, 3.8) is 0 Å². The molecule has 2 aliphatic rings. The summed E-state index contributed by atoms with van der Waals surface area (Å²) in [5.74, 6) is -0.561. The van der Waals surface area contributed by atoms with Gasteiger partial charge in [-0.05, 0) is 97.0 Å². The predicted octanol–water partition coefficient (Wildman–Crippen LogP) is 7.15. The number of rotatable bonds is 5. The number of carboxylic acid groups (broad SMARTS) is 1. The largest absolute Gasteiger partial charge is 0.482 e. The molecule has 0 amide bonds. The van der Waals surface area contributed by atoms with E-state index in [1.807, 2.05) is 44.2 Å². The van der Waals surface area contributed by atoms with Crippen LogP contribution in [0.1, 0.15) is 48.8 Å². The SMILES string of the molecule is C#COC.Cc1cc(-c2ccc3c(c2)C2(CCCCC2)CN3c2ccc(OCC(=O)O)c(C)c2)ccc1F. The Bertz CT molecular complexity index is 1350. The fourth-order valence-electron chi connectivity index (χ4n) is 5.66. The molecule has 3 aromatic rings. The average molecular weight is 516 g/mol. The van der Waals surface area contributed by atoms with Crippen LogP contribution in [0.2, 0.25) is 0 Å². The van der Waals surface area contributed by atoms with E-state index in [1.54, 1.807) is 6.07 Å². The molecule has 38 heavy (non-hydrogen) atoms. The molecule has 0 radical (unpaired) electrons. The van der Waals surface area contributed by atoms with E-state index in [4.69, 9.17) is 9.84 Å². The van der Waals surface area contributed by atoms with Gasteiger partial charge in [-0.3, -0.25) is 0 Å². The van der Waals surface area contributed by atoms with E-state index >= 15 is 0 Å². The Morgan fingerprint density at radius 2 is 1.71 bits per heavy atom. The van der Waals surface area contributed by atoms with E-state index in [-0.39, 0.29) is 17.8 Å². The molecular weight excluding hydrogens is 481 g/mol. The van der Waals surface area contributed by atoms with Gasteiger partial charge in [0.2, 0.25) is 0 Å². The number of anilines is 2. The summed E-state index contributed by atoms with van der Waals surface area (Å²) in [6, 6.07) is 18.0. The summed E-state index contributed by atoms with van der Waals surface area (Å²) in [4.78, 5) is 13.3. The average Bonchev–Trinajstić information content (AvgIpc) is 3.22. The van der Waals surface area contributed by atoms with Crippen LogP contribution in [0.3, 0.4) is 0 Å². The quantitative estimate of drug-likeness (QED) is 0.366. The molecule has 0 unspecified atom stereocenters. The van der Waals surface area contributed by atoms with Crippen molar-refractivity contribution in [2.24, 2.45) is 0 Å². The van der Waals surface area contributed by atoms with Crippen molar-refractivity contribution >= 4 is 17.3 Å². The van der Waals surface area contributed by atoms with Gasteiger partial charge in [0, 0.05) is 23.3 Å². The van der Waals surface area contributed by atoms with Crippen molar-refractivity contribution < 1.29 is 23.8 Å². The molecule has 1 aliphatic heterocycles. The van der Waals surface area contributed by atoms with Crippen LogP contribution in [0, 0.1) is 32.2 Å². The second kappa shape index (κ2) is 11.6. The minimum Gasteiger partial charge on any atom is -0.482 e. The molecular formula is C32H34FNO4. The number of carbonyl (C=O) groups is 1. The highest BCUT2D eigenvalue weighted by Gasteiger charge is 2.43. The molecule has 1 heterocycles. The summed E-state index contributed by atoms with van der Waals surface area (Å²) in [6.45, 7) is 4.35. The minimum atomic E-state index is -0.983. The molecule has 1 spiro atoms. The van der Waals surface area contributed by atoms with Gasteiger partial charge in [0.25, 0.3) is 0 Å². The molecule has 0 aromatic heterocycles. The van der Waals surface area contributed by atoms with Gasteiger partial charge in [-0.1, -0.05) is 37.8 Å². The Labute approximate surface area is 224 Å². The van der Waals surface area contributed by atoms with E-state index in [0.29, 0.717) is 11.3 Å². The summed E-state index contributed by atoms with van der Waals surface area (Å²) in [6.07, 6.45) is 12.6. The normalized spacial score (nSPS) is 15.2. The number of nitrogens with zero attached hydrogens (tertiary/aromatic N) is 1. The highest BCUT2D eigenvalue weighted by atomic mass is 19.1. The maximum atomic E-state index is 13.9. The van der Waals surface area contributed by atoms with Crippen LogP contribution in [-0.2, 0) is 14.9 Å². The van der Waals surface area contributed by atoms with Crippen molar-refractivity contribution in [3.8, 4) is 29.4 Å². The highest BCUT2D eigenvalue weighted by Crippen LogP contribution is 2.52. The first-order valence-corrected chi connectivity index (χ1v) is 12.9. The Balaban J connectivity index is 0.000000786. The Hall–Kier alpha value is -3.98. The van der Waals surface area contributed by atoms with Gasteiger partial charge in [0.15, 0.2) is 6.61 Å². The third kappa shape index (κ3) is 5.62. The molecule has 1 aliphatic carbocycles. The van der Waals surface area contributed by atoms with Crippen LogP contribution in [0.4, 0.5) is 15.8 Å². The lowest BCUT2D eigenvalue weighted by Gasteiger charge is -2.34. The molecule has 0 saturated heterocycles. The van der Waals surface area contributed by atoms with E-state index in [1.165, 1.54) is 50.5 Å². The zero-order chi connectivity index (χ0) is 27.3. The van der Waals surface area contributed by atoms with Crippen molar-refractivity contribution in [1.82, 2.24) is 0 Å². The fourth-order valence-corrected chi connectivity index (χ4v) is 5.66. The zero-order valence-corrected chi connectivity index (χ0v) is 22.2. The molecule has 198 valence electrons. The first-order chi connectivity index (χ1) is 18.3. The number of ether oxygens (including phenoxy) is 2. The third-order valence-corrected chi connectivity index (χ3v) is 7.56. The number of benzene rings is 3. The first kappa shape index (κ1) is 27.1. The smallest absolute Gasteiger partial charge is 0.341 e. The lowest BCUT2D eigenvalue weighted by molar-refractivity contribution is -0.139. The summed E-state index contributed by atoms with van der Waals surface area (Å²) in [5.41, 5.74) is 7.57. The lowest BCUT2D eigenvalue weighted by atomic mass is 9.70. The number of aliphatic carboxylic acids is 1. The number of terminal acetylenes is 1. The van der Waals surface area contributed by atoms with Crippen LogP contribution < -0.4 is 9.64 Å². The van der Waals surface area contributed by atoms with Crippen molar-refractivity contribution in [2.45, 2.75) is 51.4 Å². The van der Waals surface area contributed by atoms with Crippen molar-refractivity contribution in [3.05, 3.63) is 77.1 Å². The van der Waals surface area contributed by atoms with E-state index in [2.05, 4.69) is 40.3 Å². The summed E-state index contributed by atoms with van der Waals surface area (Å²) < 4.78 is 23.4. The Morgan fingerprint density at radius 1 is 1.03 bits per heavy atom. The molecule has 3 aromatic carbocycles. The number of aryl methyl sites for hydroxylation is 2. The van der Waals surface area contributed by atoms with Gasteiger partial charge < -0.3 is 19.5 Å². The number of carboxylic acids is 1. The summed E-state index contributed by atoms with van der Waals surface area (Å²) in [7, 11) is 1.44. The molecule has 1 N–H and O–H groups in total. The van der Waals surface area contributed by atoms with E-state index in [9.17, 15) is 9.18 Å². The molecule has 5 nitrogen and oxygen atoms in total. The molecule has 6 heteroatoms. The van der Waals surface area contributed by atoms with Crippen molar-refractivity contribution in [2.75, 3.05) is 25.2 Å². The van der Waals surface area contributed by atoms with E-state index in [0.717, 1.165) is 28.9 Å². The summed E-state index contributed by atoms with van der Waals surface area (Å²) in [5, 5.41) is 8.92. The molecule has 1 fully saturated rings. The van der Waals surface area contributed by atoms with Gasteiger partial charge in [-0.15, -0.1) is 0 Å². The molecule has 0 bridgehead atoms. The maximum absolute atomic E-state index is 13.9. The molecule has 5 rings (SSSR count). The molecule has 0 atom stereocenters. The van der Waals surface area contributed by atoms with Crippen LogP contribution in [0.5, 0.6) is 5.75 Å². The Kier molecular flexibility index (Phi) is 8.26. The number of halogens is 1. The van der Waals surface area contributed by atoms with Crippen LogP contribution in [-0.4, -0.2) is 31.3 Å². The molecule has 1 saturated carbocycles. The second-order valence-electron chi connectivity index (χ2n) is 10.1. The van der Waals surface area contributed by atoms with Gasteiger partial charge in [-0.2, -0.15) is 0 Å². The minimum absolute atomic E-state index is 0.116. The van der Waals surface area contributed by atoms with Gasteiger partial charge in [0.1, 0.15) is 17.7 Å². The third-order valence-electron chi connectivity index (χ3n) is 7.56. The topological polar surface area (TPSA) is 59.0 Å². The monoisotopic (exact) mass is 515 g/mol. The Morgan fingerprint density at radius 3 is 2.34 bits per heavy atom. The van der Waals surface area contributed by atoms with Gasteiger partial charge >= 0.3 is 5.97 Å². The van der Waals surface area contributed by atoms with Crippen molar-refractivity contribution in [1.29, 1.82) is 0 Å². The lowest BCUT2D eigenvalue weighted by Crippen LogP contribution is -2.33. The van der Waals surface area contributed by atoms with Crippen LogP contribution in [0.25, 0.3) is 11.1 Å². The van der Waals surface area contributed by atoms with Gasteiger partial charge in [-0.25, -0.2) is 9.18 Å². The van der Waals surface area contributed by atoms with E-state index < -0.39 is 5.97 Å². The standard InChI is InChI=1S/C29H30FNO3.C3H4O/c1-19-14-21(6-9-25(19)30)22-7-10-26-24(16-22)29(12-4-3-5-13-29)18-31(26)23-8-11-27(20(2)15-23)34-17-28(32)33;1-3-4-2/h6-11,14-16H,3-5,12-13,17-18H2,1-2H3,(H,32,33);1H,2H3. The number of methoxy groups -OCH3 is 1. The number of fused-ring (bicyclic) bond motifs is 2. The van der Waals surface area contributed by atoms with Crippen LogP contribution in [0.15, 0.2) is 54.6 Å². The second-order valence-corrected chi connectivity index (χ2v) is 10.1. The predicted molar refractivity (Wildman–Crippen MR) is 148 cm³/mol. The summed E-state index contributed by atoms with van der Waals surface area (Å²) >= 11 is 0. The van der Waals surface area contributed by atoms with Gasteiger partial charge in [0.05, 0.1) is 7.11 Å². The highest BCUT2D eigenvalue weighted by molar-refractivity contribution is 5.78. The number of hydrogen-bond acceptors (Lipinski definition) is 4. The maximum Gasteiger partial charge on any atom is 0.341 e. The zero-order valence-electron chi connectivity index (χ0n) is 22.2. The fraction of sp³-hybridized carbons (Fsp3) is 0.344.